The van der Waals surface area contributed by atoms with Gasteiger partial charge < -0.3 is 9.64 Å². The maximum Gasteiger partial charge on any atom is 0.231 e. The van der Waals surface area contributed by atoms with Gasteiger partial charge in [-0.25, -0.2) is 0 Å². The van der Waals surface area contributed by atoms with Crippen LogP contribution in [0.2, 0.25) is 0 Å². The fourth-order valence-electron chi connectivity index (χ4n) is 3.67. The average Bonchev–Trinajstić information content (AvgIpc) is 2.92. The van der Waals surface area contributed by atoms with Crippen LogP contribution in [0.5, 0.6) is 0 Å². The molecule has 2 fully saturated rings. The number of likely N-dealkylation sites (tertiary alicyclic amines) is 1. The second-order valence-electron chi connectivity index (χ2n) is 6.54. The third-order valence-corrected chi connectivity index (χ3v) is 5.01. The molecule has 2 aliphatic rings. The Balaban J connectivity index is 1.58. The van der Waals surface area contributed by atoms with E-state index < -0.39 is 0 Å². The van der Waals surface area contributed by atoms with Crippen molar-refractivity contribution in [2.24, 2.45) is 11.3 Å². The van der Waals surface area contributed by atoms with Crippen molar-refractivity contribution in [3.8, 4) is 0 Å². The summed E-state index contributed by atoms with van der Waals surface area (Å²) >= 11 is 0. The summed E-state index contributed by atoms with van der Waals surface area (Å²) in [5, 5.41) is 0. The van der Waals surface area contributed by atoms with Crippen LogP contribution in [0.1, 0.15) is 31.2 Å². The Labute approximate surface area is 126 Å². The number of rotatable bonds is 5. The lowest BCUT2D eigenvalue weighted by Gasteiger charge is -2.42. The molecular formula is C17H24N2O2. The lowest BCUT2D eigenvalue weighted by Crippen LogP contribution is -2.49. The van der Waals surface area contributed by atoms with Crippen molar-refractivity contribution in [3.63, 3.8) is 0 Å². The number of aromatic nitrogens is 1. The fourth-order valence-corrected chi connectivity index (χ4v) is 3.67. The van der Waals surface area contributed by atoms with Crippen molar-refractivity contribution in [2.45, 2.75) is 32.1 Å². The molecule has 2 heterocycles. The second kappa shape index (κ2) is 6.14. The summed E-state index contributed by atoms with van der Waals surface area (Å²) in [6.07, 6.45) is 9.00. The van der Waals surface area contributed by atoms with Gasteiger partial charge in [-0.15, -0.1) is 0 Å². The molecule has 1 atom stereocenters. The Kier molecular flexibility index (Phi) is 4.24. The average molecular weight is 288 g/mol. The number of carbonyl (C=O) groups is 1. The molecule has 4 heteroatoms. The van der Waals surface area contributed by atoms with E-state index in [1.54, 1.807) is 13.3 Å². The summed E-state index contributed by atoms with van der Waals surface area (Å²) in [7, 11) is 1.70. The quantitative estimate of drug-likeness (QED) is 0.835. The van der Waals surface area contributed by atoms with Crippen LogP contribution in [0.25, 0.3) is 0 Å². The van der Waals surface area contributed by atoms with Crippen LogP contribution >= 0.6 is 0 Å². The van der Waals surface area contributed by atoms with Gasteiger partial charge in [0, 0.05) is 32.6 Å². The molecule has 0 aromatic carbocycles. The Morgan fingerprint density at radius 2 is 2.38 bits per heavy atom. The van der Waals surface area contributed by atoms with E-state index in [0.717, 1.165) is 45.2 Å². The minimum Gasteiger partial charge on any atom is -0.384 e. The number of hydrogen-bond donors (Lipinski definition) is 0. The Hall–Kier alpha value is -1.42. The Morgan fingerprint density at radius 3 is 3.00 bits per heavy atom. The van der Waals surface area contributed by atoms with Gasteiger partial charge in [-0.3, -0.25) is 9.78 Å². The normalized spacial score (nSPS) is 23.9. The van der Waals surface area contributed by atoms with E-state index in [-0.39, 0.29) is 5.41 Å². The van der Waals surface area contributed by atoms with Crippen LogP contribution in [-0.2, 0) is 16.0 Å². The van der Waals surface area contributed by atoms with Gasteiger partial charge in [-0.1, -0.05) is 12.5 Å². The van der Waals surface area contributed by atoms with Crippen molar-refractivity contribution in [2.75, 3.05) is 26.8 Å². The summed E-state index contributed by atoms with van der Waals surface area (Å²) in [6, 6.07) is 4.10. The topological polar surface area (TPSA) is 42.4 Å². The zero-order chi connectivity index (χ0) is 14.7. The minimum atomic E-state index is -0.210. The maximum atomic E-state index is 12.8. The number of hydrogen-bond acceptors (Lipinski definition) is 3. The van der Waals surface area contributed by atoms with Gasteiger partial charge in [0.05, 0.1) is 12.0 Å². The van der Waals surface area contributed by atoms with Gasteiger partial charge in [0.25, 0.3) is 0 Å². The maximum absolute atomic E-state index is 12.8. The molecule has 1 aromatic rings. The van der Waals surface area contributed by atoms with Gasteiger partial charge in [0.2, 0.25) is 5.91 Å². The van der Waals surface area contributed by atoms with Crippen molar-refractivity contribution >= 4 is 5.91 Å². The Morgan fingerprint density at radius 1 is 1.52 bits per heavy atom. The number of pyridine rings is 1. The molecule has 1 unspecified atom stereocenters. The van der Waals surface area contributed by atoms with Crippen LogP contribution in [0.15, 0.2) is 24.5 Å². The first kappa shape index (κ1) is 14.5. The van der Waals surface area contributed by atoms with Crippen LogP contribution in [-0.4, -0.2) is 42.6 Å². The highest BCUT2D eigenvalue weighted by molar-refractivity contribution is 5.84. The first-order valence-electron chi connectivity index (χ1n) is 7.91. The molecule has 21 heavy (non-hydrogen) atoms. The lowest BCUT2D eigenvalue weighted by molar-refractivity contribution is -0.151. The largest absolute Gasteiger partial charge is 0.384 e. The number of nitrogens with zero attached hydrogens (tertiary/aromatic N) is 2. The molecule has 0 bridgehead atoms. The monoisotopic (exact) mass is 288 g/mol. The standard InChI is InChI=1S/C17H24N2O2/c1-21-13-17(6-3-7-17)16(20)19-9-5-15(12-19)10-14-4-2-8-18-11-14/h2,4,8,11,15H,3,5-7,9-10,12-13H2,1H3. The number of methoxy groups -OCH3 is 1. The van der Waals surface area contributed by atoms with Gasteiger partial charge in [0.15, 0.2) is 0 Å². The van der Waals surface area contributed by atoms with Crippen molar-refractivity contribution < 1.29 is 9.53 Å². The van der Waals surface area contributed by atoms with E-state index in [2.05, 4.69) is 16.0 Å². The fraction of sp³-hybridized carbons (Fsp3) is 0.647. The molecule has 1 aromatic heterocycles. The molecule has 3 rings (SSSR count). The predicted molar refractivity (Wildman–Crippen MR) is 80.8 cm³/mol. The van der Waals surface area contributed by atoms with Crippen LogP contribution in [0.3, 0.4) is 0 Å². The van der Waals surface area contributed by atoms with Gasteiger partial charge in [0.1, 0.15) is 0 Å². The number of amides is 1. The van der Waals surface area contributed by atoms with E-state index in [0.29, 0.717) is 18.4 Å². The van der Waals surface area contributed by atoms with E-state index >= 15 is 0 Å². The third-order valence-electron chi connectivity index (χ3n) is 5.01. The number of ether oxygens (including phenoxy) is 1. The lowest BCUT2D eigenvalue weighted by atomic mass is 9.68. The predicted octanol–water partition coefficient (Wildman–Crippen LogP) is 2.29. The van der Waals surface area contributed by atoms with Crippen LogP contribution < -0.4 is 0 Å². The zero-order valence-corrected chi connectivity index (χ0v) is 12.8. The second-order valence-corrected chi connectivity index (χ2v) is 6.54. The molecular weight excluding hydrogens is 264 g/mol. The zero-order valence-electron chi connectivity index (χ0n) is 12.8. The molecule has 1 aliphatic heterocycles. The molecule has 0 N–H and O–H groups in total. The molecule has 0 radical (unpaired) electrons. The molecule has 4 nitrogen and oxygen atoms in total. The summed E-state index contributed by atoms with van der Waals surface area (Å²) < 4.78 is 5.30. The molecule has 1 saturated heterocycles. The molecule has 1 amide bonds. The van der Waals surface area contributed by atoms with E-state index in [4.69, 9.17) is 4.74 Å². The highest BCUT2D eigenvalue weighted by atomic mass is 16.5. The van der Waals surface area contributed by atoms with Crippen molar-refractivity contribution in [1.82, 2.24) is 9.88 Å². The van der Waals surface area contributed by atoms with E-state index in [1.165, 1.54) is 5.56 Å². The SMILES string of the molecule is COCC1(C(=O)N2CCC(Cc3cccnc3)C2)CCC1. The first-order chi connectivity index (χ1) is 10.2. The first-order valence-corrected chi connectivity index (χ1v) is 7.91. The summed E-state index contributed by atoms with van der Waals surface area (Å²) in [5.74, 6) is 0.891. The molecule has 0 spiro atoms. The molecule has 1 saturated carbocycles. The van der Waals surface area contributed by atoms with Crippen molar-refractivity contribution in [3.05, 3.63) is 30.1 Å². The molecule has 114 valence electrons. The van der Waals surface area contributed by atoms with E-state index in [1.807, 2.05) is 12.3 Å². The van der Waals surface area contributed by atoms with Gasteiger partial charge in [-0.05, 0) is 43.2 Å². The summed E-state index contributed by atoms with van der Waals surface area (Å²) in [4.78, 5) is 19.0. The highest BCUT2D eigenvalue weighted by Gasteiger charge is 2.47. The van der Waals surface area contributed by atoms with Gasteiger partial charge >= 0.3 is 0 Å². The van der Waals surface area contributed by atoms with Crippen LogP contribution in [0, 0.1) is 11.3 Å². The number of carbonyl (C=O) groups excluding carboxylic acids is 1. The van der Waals surface area contributed by atoms with E-state index in [9.17, 15) is 4.79 Å². The summed E-state index contributed by atoms with van der Waals surface area (Å²) in [6.45, 7) is 2.37. The van der Waals surface area contributed by atoms with Crippen molar-refractivity contribution in [1.29, 1.82) is 0 Å². The third kappa shape index (κ3) is 2.95. The summed E-state index contributed by atoms with van der Waals surface area (Å²) in [5.41, 5.74) is 1.06. The Bertz CT molecular complexity index is 485. The minimum absolute atomic E-state index is 0.210. The molecule has 1 aliphatic carbocycles. The van der Waals surface area contributed by atoms with Gasteiger partial charge in [-0.2, -0.15) is 0 Å². The van der Waals surface area contributed by atoms with Crippen LogP contribution in [0.4, 0.5) is 0 Å². The smallest absolute Gasteiger partial charge is 0.231 e. The highest BCUT2D eigenvalue weighted by Crippen LogP contribution is 2.43.